The molecule has 2 fully saturated rings. The molecule has 332 valence electrons. The Morgan fingerprint density at radius 3 is 1.70 bits per heavy atom. The summed E-state index contributed by atoms with van der Waals surface area (Å²) in [6.07, 6.45) is 9.91. The summed E-state index contributed by atoms with van der Waals surface area (Å²) < 4.78 is 45.6. The number of halogens is 4. The number of hydrogen-bond acceptors (Lipinski definition) is 11. The van der Waals surface area contributed by atoms with Crippen LogP contribution in [0.15, 0.2) is 73.1 Å². The molecular weight excluding hydrogens is 847 g/mol. The van der Waals surface area contributed by atoms with Gasteiger partial charge in [0.25, 0.3) is 0 Å². The van der Waals surface area contributed by atoms with E-state index in [1.54, 1.807) is 30.6 Å². The van der Waals surface area contributed by atoms with Crippen LogP contribution in [0.4, 0.5) is 20.7 Å². The van der Waals surface area contributed by atoms with Crippen molar-refractivity contribution >= 4 is 62.9 Å². The van der Waals surface area contributed by atoms with Gasteiger partial charge >= 0.3 is 5.97 Å². The molecule has 2 heterocycles. The fourth-order valence-corrected chi connectivity index (χ4v) is 8.85. The van der Waals surface area contributed by atoms with Crippen LogP contribution in [-0.4, -0.2) is 62.8 Å². The van der Waals surface area contributed by atoms with Crippen molar-refractivity contribution in [3.05, 3.63) is 94.7 Å². The predicted octanol–water partition coefficient (Wildman–Crippen LogP) is 11.6. The second-order valence-corrected chi connectivity index (χ2v) is 17.6. The average molecular weight is 901 g/mol. The first-order chi connectivity index (χ1) is 30.2. The van der Waals surface area contributed by atoms with Crippen LogP contribution in [0.3, 0.4) is 0 Å². The molecular formula is C48H53Cl2F2N7O4. The molecule has 0 unspecified atom stereocenters. The number of rotatable bonds is 12. The number of carbonyl (C=O) groups is 1. The third-order valence-electron chi connectivity index (χ3n) is 11.2. The molecule has 0 spiro atoms. The van der Waals surface area contributed by atoms with Crippen LogP contribution in [0.1, 0.15) is 79.6 Å². The van der Waals surface area contributed by atoms with Crippen molar-refractivity contribution in [1.82, 2.24) is 19.9 Å². The van der Waals surface area contributed by atoms with Crippen LogP contribution in [0.5, 0.6) is 11.5 Å². The molecule has 11 nitrogen and oxygen atoms in total. The third-order valence-corrected chi connectivity index (χ3v) is 11.9. The normalized spacial score (nSPS) is 18.5. The molecule has 4 atom stereocenters. The first kappa shape index (κ1) is 45.6. The molecule has 8 rings (SSSR count). The summed E-state index contributed by atoms with van der Waals surface area (Å²) in [5.41, 5.74) is 8.99. The van der Waals surface area contributed by atoms with Gasteiger partial charge in [-0.25, -0.2) is 28.7 Å². The van der Waals surface area contributed by atoms with E-state index in [0.717, 1.165) is 60.3 Å². The van der Waals surface area contributed by atoms with Crippen molar-refractivity contribution in [1.29, 1.82) is 0 Å². The topological polar surface area (TPSA) is 146 Å². The minimum atomic E-state index is -0.490. The van der Waals surface area contributed by atoms with E-state index >= 15 is 0 Å². The number of anilines is 2. The van der Waals surface area contributed by atoms with Crippen LogP contribution < -0.4 is 25.8 Å². The Bertz CT molecular complexity index is 2590. The van der Waals surface area contributed by atoms with Gasteiger partial charge in [-0.3, -0.25) is 4.79 Å². The number of carbonyl (C=O) groups excluding carboxylic acids is 1. The van der Waals surface area contributed by atoms with Crippen LogP contribution >= 0.6 is 23.2 Å². The molecule has 2 aliphatic rings. The molecule has 2 aliphatic carbocycles. The highest BCUT2D eigenvalue weighted by atomic mass is 35.5. The second kappa shape index (κ2) is 20.0. The molecule has 2 aromatic heterocycles. The van der Waals surface area contributed by atoms with Gasteiger partial charge in [-0.1, -0.05) is 41.8 Å². The summed E-state index contributed by atoms with van der Waals surface area (Å²) in [4.78, 5) is 30.4. The summed E-state index contributed by atoms with van der Waals surface area (Å²) in [5.74, 6) is 1.15. The zero-order chi connectivity index (χ0) is 44.8. The molecule has 4 aromatic carbocycles. The molecule has 0 amide bonds. The van der Waals surface area contributed by atoms with Crippen molar-refractivity contribution in [2.24, 2.45) is 11.7 Å². The lowest BCUT2D eigenvalue weighted by atomic mass is 9.99. The standard InChI is InChI=1S/C27H31ClFN3O3.C21H22ClFN4O/c1-5-34-22-12-10-19(29)24(25(22)28)17-9-11-21-18(13-17)15-30-26(32-21)31-20-8-6-7-16(20)14-23(33)35-27(2,3)4;1-2-28-18-9-7-14(23)19(20(18)22)12-6-8-16-13(10-12)11-25-21(26-16)27-17-5-3-4-15(17)24/h9-13,15-16,20H,5-8,14H2,1-4H3,(H,30,31,32);6-11,15,17H,2-5,24H2,1H3,(H,25,26,27)/t16-,20-;15-,17+/m10/s1. The van der Waals surface area contributed by atoms with E-state index in [1.165, 1.54) is 18.2 Å². The van der Waals surface area contributed by atoms with Gasteiger partial charge in [-0.15, -0.1) is 0 Å². The molecule has 0 aliphatic heterocycles. The van der Waals surface area contributed by atoms with E-state index in [1.807, 2.05) is 58.9 Å². The summed E-state index contributed by atoms with van der Waals surface area (Å²) in [5, 5.41) is 8.80. The largest absolute Gasteiger partial charge is 0.492 e. The van der Waals surface area contributed by atoms with E-state index in [4.69, 9.17) is 43.1 Å². The summed E-state index contributed by atoms with van der Waals surface area (Å²) in [6, 6.07) is 17.2. The van der Waals surface area contributed by atoms with Gasteiger partial charge in [-0.05, 0) is 132 Å². The fourth-order valence-electron chi connectivity index (χ4n) is 8.21. The lowest BCUT2D eigenvalue weighted by Crippen LogP contribution is -2.35. The van der Waals surface area contributed by atoms with E-state index in [2.05, 4.69) is 30.6 Å². The quantitative estimate of drug-likeness (QED) is 0.101. The van der Waals surface area contributed by atoms with Crippen molar-refractivity contribution in [2.45, 2.75) is 103 Å². The Morgan fingerprint density at radius 1 is 0.730 bits per heavy atom. The van der Waals surface area contributed by atoms with Crippen LogP contribution in [0, 0.1) is 17.6 Å². The van der Waals surface area contributed by atoms with Gasteiger partial charge in [0, 0.05) is 52.4 Å². The SMILES string of the molecule is CCOc1ccc(F)c(-c2ccc3nc(N[C@@H]4CCC[C@@H]4CC(=O)OC(C)(C)C)ncc3c2)c1Cl.CCOc1ccc(F)c(-c2ccc3nc(N[C@@H]4CCC[C@@H]4N)ncc3c2)c1Cl. The molecule has 6 aromatic rings. The van der Waals surface area contributed by atoms with Gasteiger partial charge in [0.2, 0.25) is 11.9 Å². The number of aromatic nitrogens is 4. The second-order valence-electron chi connectivity index (χ2n) is 16.8. The first-order valence-electron chi connectivity index (χ1n) is 21.5. The molecule has 0 radical (unpaired) electrons. The van der Waals surface area contributed by atoms with Crippen molar-refractivity contribution in [3.8, 4) is 33.8 Å². The number of benzene rings is 4. The van der Waals surface area contributed by atoms with Gasteiger partial charge in [-0.2, -0.15) is 0 Å². The Hall–Kier alpha value is -5.37. The number of nitrogens with zero attached hydrogens (tertiary/aromatic N) is 4. The fraction of sp³-hybridized carbons (Fsp3) is 0.396. The Kier molecular flexibility index (Phi) is 14.5. The molecule has 4 N–H and O–H groups in total. The monoisotopic (exact) mass is 899 g/mol. The van der Waals surface area contributed by atoms with Gasteiger partial charge in [0.1, 0.15) is 28.7 Å². The van der Waals surface area contributed by atoms with Crippen molar-refractivity contribution in [3.63, 3.8) is 0 Å². The zero-order valence-corrected chi connectivity index (χ0v) is 37.6. The highest BCUT2D eigenvalue weighted by molar-refractivity contribution is 6.35. The van der Waals surface area contributed by atoms with Crippen molar-refractivity contribution in [2.75, 3.05) is 23.8 Å². The highest BCUT2D eigenvalue weighted by Crippen LogP contribution is 2.40. The number of esters is 1. The van der Waals surface area contributed by atoms with Crippen LogP contribution in [0.2, 0.25) is 10.0 Å². The van der Waals surface area contributed by atoms with Gasteiger partial charge < -0.3 is 30.6 Å². The Labute approximate surface area is 376 Å². The maximum atomic E-state index is 14.7. The first-order valence-corrected chi connectivity index (χ1v) is 22.2. The van der Waals surface area contributed by atoms with E-state index in [0.29, 0.717) is 59.7 Å². The van der Waals surface area contributed by atoms with E-state index in [9.17, 15) is 13.6 Å². The predicted molar refractivity (Wildman–Crippen MR) is 247 cm³/mol. The zero-order valence-electron chi connectivity index (χ0n) is 36.1. The third kappa shape index (κ3) is 11.1. The van der Waals surface area contributed by atoms with Crippen LogP contribution in [-0.2, 0) is 9.53 Å². The van der Waals surface area contributed by atoms with Gasteiger partial charge in [0.15, 0.2) is 0 Å². The summed E-state index contributed by atoms with van der Waals surface area (Å²) in [7, 11) is 0. The molecule has 0 bridgehead atoms. The lowest BCUT2D eigenvalue weighted by molar-refractivity contribution is -0.156. The van der Waals surface area contributed by atoms with Crippen molar-refractivity contribution < 1.29 is 27.8 Å². The van der Waals surface area contributed by atoms with E-state index in [-0.39, 0.29) is 45.6 Å². The Morgan fingerprint density at radius 2 is 1.22 bits per heavy atom. The molecule has 63 heavy (non-hydrogen) atoms. The maximum absolute atomic E-state index is 14.7. The molecule has 15 heteroatoms. The molecule has 0 saturated heterocycles. The number of nitrogens with one attached hydrogen (secondary N) is 2. The highest BCUT2D eigenvalue weighted by Gasteiger charge is 2.31. The maximum Gasteiger partial charge on any atom is 0.306 e. The number of fused-ring (bicyclic) bond motifs is 2. The average Bonchev–Trinajstić information content (AvgIpc) is 3.86. The lowest BCUT2D eigenvalue weighted by Gasteiger charge is -2.24. The number of ether oxygens (including phenoxy) is 3. The Balaban J connectivity index is 0.000000193. The number of hydrogen-bond donors (Lipinski definition) is 3. The minimum Gasteiger partial charge on any atom is -0.492 e. The van der Waals surface area contributed by atoms with Gasteiger partial charge in [0.05, 0.1) is 40.7 Å². The smallest absolute Gasteiger partial charge is 0.306 e. The van der Waals surface area contributed by atoms with E-state index < -0.39 is 17.2 Å². The summed E-state index contributed by atoms with van der Waals surface area (Å²) >= 11 is 12.8. The number of nitrogens with two attached hydrogens (primary N) is 1. The minimum absolute atomic E-state index is 0.105. The summed E-state index contributed by atoms with van der Waals surface area (Å²) in [6.45, 7) is 10.2. The van der Waals surface area contributed by atoms with Crippen LogP contribution in [0.25, 0.3) is 44.1 Å². The molecule has 2 saturated carbocycles.